The van der Waals surface area contributed by atoms with Gasteiger partial charge in [0.25, 0.3) is 0 Å². The lowest BCUT2D eigenvalue weighted by molar-refractivity contribution is 0.592. The van der Waals surface area contributed by atoms with E-state index in [0.29, 0.717) is 6.04 Å². The van der Waals surface area contributed by atoms with Crippen molar-refractivity contribution in [1.29, 1.82) is 0 Å². The maximum Gasteiger partial charge on any atom is 0.0479 e. The van der Waals surface area contributed by atoms with Gasteiger partial charge in [0.1, 0.15) is 0 Å². The molecule has 2 aromatic rings. The van der Waals surface area contributed by atoms with E-state index in [9.17, 15) is 0 Å². The molecule has 2 rings (SSSR count). The molecular formula is C14H17BrN2S. The summed E-state index contributed by atoms with van der Waals surface area (Å²) in [5.74, 6) is 0. The summed E-state index contributed by atoms with van der Waals surface area (Å²) in [7, 11) is 2.00. The van der Waals surface area contributed by atoms with Crippen LogP contribution in [0.1, 0.15) is 29.1 Å². The molecule has 18 heavy (non-hydrogen) atoms. The Labute approximate surface area is 121 Å². The molecule has 0 saturated heterocycles. The molecule has 0 saturated carbocycles. The Morgan fingerprint density at radius 2 is 2.22 bits per heavy atom. The van der Waals surface area contributed by atoms with Crippen LogP contribution in [0.4, 0.5) is 0 Å². The molecule has 0 fully saturated rings. The van der Waals surface area contributed by atoms with Crippen LogP contribution in [0.25, 0.3) is 0 Å². The number of aromatic nitrogens is 1. The Kier molecular flexibility index (Phi) is 4.92. The van der Waals surface area contributed by atoms with E-state index in [-0.39, 0.29) is 0 Å². The molecule has 0 bridgehead atoms. The van der Waals surface area contributed by atoms with Gasteiger partial charge < -0.3 is 5.32 Å². The molecule has 0 amide bonds. The highest BCUT2D eigenvalue weighted by Gasteiger charge is 2.15. The van der Waals surface area contributed by atoms with Gasteiger partial charge in [0.05, 0.1) is 0 Å². The molecule has 0 aromatic carbocycles. The summed E-state index contributed by atoms with van der Waals surface area (Å²) in [4.78, 5) is 5.86. The molecule has 4 heteroatoms. The van der Waals surface area contributed by atoms with Crippen LogP contribution in [0.2, 0.25) is 0 Å². The van der Waals surface area contributed by atoms with E-state index in [1.54, 1.807) is 11.3 Å². The number of nitrogens with one attached hydrogen (secondary N) is 1. The number of nitrogens with zero attached hydrogens (tertiary/aromatic N) is 1. The molecule has 1 unspecified atom stereocenters. The Balaban J connectivity index is 2.13. The molecule has 0 spiro atoms. The first-order valence-electron chi connectivity index (χ1n) is 6.08. The van der Waals surface area contributed by atoms with Gasteiger partial charge in [-0.05, 0) is 52.5 Å². The maximum atomic E-state index is 4.53. The maximum absolute atomic E-state index is 4.53. The Hall–Kier alpha value is -0.710. The number of likely N-dealkylation sites (N-methyl/N-ethyl adjacent to an activating group) is 1. The summed E-state index contributed by atoms with van der Waals surface area (Å²) in [6.45, 7) is 2.15. The second-order valence-electron chi connectivity index (χ2n) is 4.19. The van der Waals surface area contributed by atoms with Crippen molar-refractivity contribution in [2.75, 3.05) is 7.05 Å². The zero-order chi connectivity index (χ0) is 13.0. The molecule has 0 aliphatic heterocycles. The molecule has 0 radical (unpaired) electrons. The van der Waals surface area contributed by atoms with Crippen LogP contribution in [-0.4, -0.2) is 12.0 Å². The van der Waals surface area contributed by atoms with E-state index < -0.39 is 0 Å². The number of hydrogen-bond acceptors (Lipinski definition) is 3. The first-order chi connectivity index (χ1) is 8.74. The van der Waals surface area contributed by atoms with E-state index in [1.165, 1.54) is 14.9 Å². The largest absolute Gasteiger partial charge is 0.312 e. The SMILES string of the molecule is CCc1ccc(CC(NC)c2sccc2Br)nc1. The number of pyridine rings is 1. The number of aryl methyl sites for hydroxylation is 1. The van der Waals surface area contributed by atoms with E-state index in [4.69, 9.17) is 0 Å². The fourth-order valence-corrected chi connectivity index (χ4v) is 3.63. The quantitative estimate of drug-likeness (QED) is 0.900. The van der Waals surface area contributed by atoms with Gasteiger partial charge in [-0.1, -0.05) is 13.0 Å². The fraction of sp³-hybridized carbons (Fsp3) is 0.357. The summed E-state index contributed by atoms with van der Waals surface area (Å²) in [6, 6.07) is 6.71. The third-order valence-corrected chi connectivity index (χ3v) is 5.00. The monoisotopic (exact) mass is 324 g/mol. The van der Waals surface area contributed by atoms with E-state index in [1.807, 2.05) is 13.2 Å². The zero-order valence-corrected chi connectivity index (χ0v) is 13.0. The molecule has 1 atom stereocenters. The second kappa shape index (κ2) is 6.45. The van der Waals surface area contributed by atoms with Crippen molar-refractivity contribution in [2.24, 2.45) is 0 Å². The van der Waals surface area contributed by atoms with Crippen molar-refractivity contribution in [1.82, 2.24) is 10.3 Å². The predicted molar refractivity (Wildman–Crippen MR) is 81.1 cm³/mol. The summed E-state index contributed by atoms with van der Waals surface area (Å²) in [5, 5.41) is 5.47. The van der Waals surface area contributed by atoms with Gasteiger partial charge in [-0.3, -0.25) is 4.98 Å². The molecule has 2 aromatic heterocycles. The molecule has 2 nitrogen and oxygen atoms in total. The average Bonchev–Trinajstić information content (AvgIpc) is 2.83. The van der Waals surface area contributed by atoms with E-state index in [0.717, 1.165) is 18.5 Å². The van der Waals surface area contributed by atoms with Crippen LogP contribution in [0.5, 0.6) is 0 Å². The van der Waals surface area contributed by atoms with Crippen molar-refractivity contribution in [3.8, 4) is 0 Å². The number of hydrogen-bond donors (Lipinski definition) is 1. The highest BCUT2D eigenvalue weighted by Crippen LogP contribution is 2.30. The minimum atomic E-state index is 0.319. The van der Waals surface area contributed by atoms with Crippen LogP contribution < -0.4 is 5.32 Å². The fourth-order valence-electron chi connectivity index (χ4n) is 1.87. The molecule has 0 aliphatic carbocycles. The van der Waals surface area contributed by atoms with Gasteiger partial charge in [0.2, 0.25) is 0 Å². The van der Waals surface area contributed by atoms with Crippen LogP contribution in [-0.2, 0) is 12.8 Å². The van der Waals surface area contributed by atoms with Crippen LogP contribution in [0.15, 0.2) is 34.2 Å². The average molecular weight is 325 g/mol. The van der Waals surface area contributed by atoms with Crippen LogP contribution >= 0.6 is 27.3 Å². The lowest BCUT2D eigenvalue weighted by Crippen LogP contribution is -2.18. The highest BCUT2D eigenvalue weighted by molar-refractivity contribution is 9.10. The number of halogens is 1. The third kappa shape index (κ3) is 3.19. The minimum Gasteiger partial charge on any atom is -0.312 e. The zero-order valence-electron chi connectivity index (χ0n) is 10.6. The van der Waals surface area contributed by atoms with Gasteiger partial charge in [0.15, 0.2) is 0 Å². The van der Waals surface area contributed by atoms with Crippen molar-refractivity contribution >= 4 is 27.3 Å². The van der Waals surface area contributed by atoms with Crippen LogP contribution in [0, 0.1) is 0 Å². The minimum absolute atomic E-state index is 0.319. The van der Waals surface area contributed by atoms with Gasteiger partial charge in [0, 0.05) is 33.7 Å². The number of rotatable bonds is 5. The predicted octanol–water partition coefficient (Wildman–Crippen LogP) is 3.97. The standard InChI is InChI=1S/C14H17BrN2S/c1-3-10-4-5-11(17-9-10)8-13(16-2)14-12(15)6-7-18-14/h4-7,9,13,16H,3,8H2,1-2H3. The summed E-state index contributed by atoms with van der Waals surface area (Å²) in [5.41, 5.74) is 2.42. The van der Waals surface area contributed by atoms with E-state index >= 15 is 0 Å². The van der Waals surface area contributed by atoms with E-state index in [2.05, 4.69) is 56.7 Å². The molecule has 96 valence electrons. The Morgan fingerprint density at radius 1 is 1.39 bits per heavy atom. The van der Waals surface area contributed by atoms with Gasteiger partial charge in [-0.2, -0.15) is 0 Å². The van der Waals surface area contributed by atoms with Gasteiger partial charge in [-0.25, -0.2) is 0 Å². The summed E-state index contributed by atoms with van der Waals surface area (Å²) >= 11 is 5.37. The second-order valence-corrected chi connectivity index (χ2v) is 5.99. The van der Waals surface area contributed by atoms with Crippen molar-refractivity contribution < 1.29 is 0 Å². The van der Waals surface area contributed by atoms with Gasteiger partial charge >= 0.3 is 0 Å². The molecule has 1 N–H and O–H groups in total. The lowest BCUT2D eigenvalue weighted by atomic mass is 10.1. The molecule has 2 heterocycles. The molecule has 0 aliphatic rings. The molecular weight excluding hydrogens is 308 g/mol. The van der Waals surface area contributed by atoms with Gasteiger partial charge in [-0.15, -0.1) is 11.3 Å². The first-order valence-corrected chi connectivity index (χ1v) is 7.75. The first kappa shape index (κ1) is 13.7. The lowest BCUT2D eigenvalue weighted by Gasteiger charge is -2.15. The number of thiophene rings is 1. The van der Waals surface area contributed by atoms with Crippen molar-refractivity contribution in [2.45, 2.75) is 25.8 Å². The highest BCUT2D eigenvalue weighted by atomic mass is 79.9. The summed E-state index contributed by atoms with van der Waals surface area (Å²) in [6.07, 6.45) is 3.93. The normalized spacial score (nSPS) is 12.6. The summed E-state index contributed by atoms with van der Waals surface area (Å²) < 4.78 is 1.18. The Bertz CT molecular complexity index is 493. The van der Waals surface area contributed by atoms with Crippen molar-refractivity contribution in [3.63, 3.8) is 0 Å². The topological polar surface area (TPSA) is 24.9 Å². The van der Waals surface area contributed by atoms with Crippen molar-refractivity contribution in [3.05, 3.63) is 50.4 Å². The van der Waals surface area contributed by atoms with Crippen LogP contribution in [0.3, 0.4) is 0 Å². The third-order valence-electron chi connectivity index (χ3n) is 3.02. The smallest absolute Gasteiger partial charge is 0.0479 e. The Morgan fingerprint density at radius 3 is 2.72 bits per heavy atom.